The molecule has 0 spiro atoms. The van der Waals surface area contributed by atoms with Crippen LogP contribution in [0.3, 0.4) is 0 Å². The van der Waals surface area contributed by atoms with E-state index in [1.54, 1.807) is 0 Å². The van der Waals surface area contributed by atoms with Crippen LogP contribution in [0.5, 0.6) is 0 Å². The van der Waals surface area contributed by atoms with E-state index in [1.165, 1.54) is 0 Å². The van der Waals surface area contributed by atoms with E-state index in [4.69, 9.17) is 14.6 Å². The smallest absolute Gasteiger partial charge is 0.475 e. The lowest BCUT2D eigenvalue weighted by atomic mass is 9.95. The number of halogens is 3. The summed E-state index contributed by atoms with van der Waals surface area (Å²) in [5, 5.41) is 10.3. The highest BCUT2D eigenvalue weighted by atomic mass is 19.4. The maximum Gasteiger partial charge on any atom is 0.490 e. The molecular formula is C22H25F3N2O4. The number of alkyl halides is 3. The van der Waals surface area contributed by atoms with Gasteiger partial charge in [0.05, 0.1) is 30.5 Å². The van der Waals surface area contributed by atoms with Gasteiger partial charge in [-0.1, -0.05) is 49.4 Å². The van der Waals surface area contributed by atoms with Crippen LogP contribution in [0.25, 0.3) is 0 Å². The first-order chi connectivity index (χ1) is 14.7. The second-order valence-corrected chi connectivity index (χ2v) is 6.78. The highest BCUT2D eigenvalue weighted by molar-refractivity contribution is 5.98. The number of hydrogen-bond donors (Lipinski definition) is 2. The molecule has 1 atom stereocenters. The lowest BCUT2D eigenvalue weighted by Crippen LogP contribution is -2.37. The minimum Gasteiger partial charge on any atom is -0.475 e. The van der Waals surface area contributed by atoms with Crippen molar-refractivity contribution in [2.45, 2.75) is 25.4 Å². The average molecular weight is 438 g/mol. The number of amides is 1. The van der Waals surface area contributed by atoms with E-state index in [2.05, 4.69) is 16.3 Å². The normalized spacial score (nSPS) is 14.8. The van der Waals surface area contributed by atoms with Crippen LogP contribution in [-0.4, -0.2) is 49.5 Å². The highest BCUT2D eigenvalue weighted by Gasteiger charge is 2.38. The molecule has 1 heterocycles. The van der Waals surface area contributed by atoms with Gasteiger partial charge in [0.15, 0.2) is 0 Å². The molecule has 6 nitrogen and oxygen atoms in total. The number of morpholine rings is 1. The molecule has 2 aromatic rings. The number of carboxylic acid groups (broad SMARTS) is 1. The standard InChI is InChI=1S/C20H24N2O2.C2HF3O2/c1-2-17(16-8-4-3-5-9-16)20(23)21-18-10-6-7-11-19(18)22-12-14-24-15-13-22;3-2(4,5)1(6)7/h3-11,17H,2,12-15H2,1H3,(H,21,23);(H,6,7). The molecule has 1 aliphatic rings. The third kappa shape index (κ3) is 7.29. The second kappa shape index (κ2) is 11.4. The van der Waals surface area contributed by atoms with Crippen LogP contribution in [0, 0.1) is 0 Å². The molecule has 1 fully saturated rings. The van der Waals surface area contributed by atoms with Gasteiger partial charge >= 0.3 is 12.1 Å². The van der Waals surface area contributed by atoms with Crippen molar-refractivity contribution >= 4 is 23.3 Å². The number of nitrogens with zero attached hydrogens (tertiary/aromatic N) is 1. The van der Waals surface area contributed by atoms with Gasteiger partial charge in [0.1, 0.15) is 0 Å². The Kier molecular flexibility index (Phi) is 8.87. The summed E-state index contributed by atoms with van der Waals surface area (Å²) in [4.78, 5) is 24.0. The number of anilines is 2. The molecule has 0 saturated carbocycles. The van der Waals surface area contributed by atoms with Gasteiger partial charge in [-0.2, -0.15) is 13.2 Å². The van der Waals surface area contributed by atoms with Crippen LogP contribution in [0.4, 0.5) is 24.5 Å². The van der Waals surface area contributed by atoms with Crippen LogP contribution < -0.4 is 10.2 Å². The number of carboxylic acids is 1. The van der Waals surface area contributed by atoms with Gasteiger partial charge in [-0.15, -0.1) is 0 Å². The third-order valence-electron chi connectivity index (χ3n) is 4.68. The molecule has 31 heavy (non-hydrogen) atoms. The minimum absolute atomic E-state index is 0.0457. The van der Waals surface area contributed by atoms with E-state index in [0.29, 0.717) is 0 Å². The van der Waals surface area contributed by atoms with Crippen LogP contribution in [0.15, 0.2) is 54.6 Å². The van der Waals surface area contributed by atoms with Crippen molar-refractivity contribution in [3.05, 3.63) is 60.2 Å². The number of carbonyl (C=O) groups is 2. The number of ether oxygens (including phenoxy) is 1. The fourth-order valence-electron chi connectivity index (χ4n) is 3.14. The Morgan fingerprint density at radius 2 is 1.61 bits per heavy atom. The van der Waals surface area contributed by atoms with E-state index in [1.807, 2.05) is 55.5 Å². The lowest BCUT2D eigenvalue weighted by molar-refractivity contribution is -0.192. The number of aliphatic carboxylic acids is 1. The van der Waals surface area contributed by atoms with Gasteiger partial charge in [-0.05, 0) is 24.1 Å². The van der Waals surface area contributed by atoms with Crippen LogP contribution in [-0.2, 0) is 14.3 Å². The van der Waals surface area contributed by atoms with Gasteiger partial charge in [0, 0.05) is 13.1 Å². The minimum atomic E-state index is -5.08. The molecule has 0 radical (unpaired) electrons. The Bertz CT molecular complexity index is 853. The second-order valence-electron chi connectivity index (χ2n) is 6.78. The van der Waals surface area contributed by atoms with E-state index >= 15 is 0 Å². The number of rotatable bonds is 5. The predicted molar refractivity (Wildman–Crippen MR) is 111 cm³/mol. The van der Waals surface area contributed by atoms with Gasteiger partial charge in [-0.25, -0.2) is 4.79 Å². The zero-order chi connectivity index (χ0) is 22.9. The number of nitrogens with one attached hydrogen (secondary N) is 1. The van der Waals surface area contributed by atoms with Crippen molar-refractivity contribution < 1.29 is 32.6 Å². The van der Waals surface area contributed by atoms with Gasteiger partial charge in [0.2, 0.25) is 5.91 Å². The topological polar surface area (TPSA) is 78.9 Å². The van der Waals surface area contributed by atoms with E-state index in [9.17, 15) is 18.0 Å². The fraction of sp³-hybridized carbons (Fsp3) is 0.364. The molecule has 1 saturated heterocycles. The molecule has 1 aliphatic heterocycles. The van der Waals surface area contributed by atoms with Gasteiger partial charge in [-0.3, -0.25) is 4.79 Å². The molecule has 1 amide bonds. The maximum atomic E-state index is 12.8. The lowest BCUT2D eigenvalue weighted by Gasteiger charge is -2.30. The average Bonchev–Trinajstić information content (AvgIpc) is 2.76. The fourth-order valence-corrected chi connectivity index (χ4v) is 3.14. The SMILES string of the molecule is CCC(C(=O)Nc1ccccc1N1CCOCC1)c1ccccc1.O=C(O)C(F)(F)F. The van der Waals surface area contributed by atoms with Crippen molar-refractivity contribution in [2.75, 3.05) is 36.5 Å². The van der Waals surface area contributed by atoms with E-state index in [-0.39, 0.29) is 11.8 Å². The summed E-state index contributed by atoms with van der Waals surface area (Å²) in [6.07, 6.45) is -4.31. The predicted octanol–water partition coefficient (Wildman–Crippen LogP) is 4.29. The Hall–Kier alpha value is -3.07. The third-order valence-corrected chi connectivity index (χ3v) is 4.68. The van der Waals surface area contributed by atoms with Crippen LogP contribution >= 0.6 is 0 Å². The molecule has 1 unspecified atom stereocenters. The number of carbonyl (C=O) groups excluding carboxylic acids is 1. The molecule has 2 N–H and O–H groups in total. The highest BCUT2D eigenvalue weighted by Crippen LogP contribution is 2.28. The maximum absolute atomic E-state index is 12.8. The number of hydrogen-bond acceptors (Lipinski definition) is 4. The summed E-state index contributed by atoms with van der Waals surface area (Å²) in [5.74, 6) is -2.85. The number of benzene rings is 2. The van der Waals surface area contributed by atoms with Crippen molar-refractivity contribution in [1.82, 2.24) is 0 Å². The quantitative estimate of drug-likeness (QED) is 0.728. The Labute approximate surface area is 178 Å². The molecule has 2 aromatic carbocycles. The van der Waals surface area contributed by atoms with Crippen molar-refractivity contribution in [2.24, 2.45) is 0 Å². The van der Waals surface area contributed by atoms with E-state index < -0.39 is 12.1 Å². The van der Waals surface area contributed by atoms with Gasteiger partial charge < -0.3 is 20.1 Å². The molecule has 0 aliphatic carbocycles. The largest absolute Gasteiger partial charge is 0.490 e. The molecule has 168 valence electrons. The first kappa shape index (κ1) is 24.2. The Morgan fingerprint density at radius 1 is 1.06 bits per heavy atom. The molecule has 3 rings (SSSR count). The Morgan fingerprint density at radius 3 is 2.16 bits per heavy atom. The van der Waals surface area contributed by atoms with Gasteiger partial charge in [0.25, 0.3) is 0 Å². The zero-order valence-corrected chi connectivity index (χ0v) is 17.1. The summed E-state index contributed by atoms with van der Waals surface area (Å²) < 4.78 is 37.2. The van der Waals surface area contributed by atoms with Crippen molar-refractivity contribution in [3.8, 4) is 0 Å². The van der Waals surface area contributed by atoms with Crippen LogP contribution in [0.2, 0.25) is 0 Å². The summed E-state index contributed by atoms with van der Waals surface area (Å²) in [7, 11) is 0. The monoisotopic (exact) mass is 438 g/mol. The summed E-state index contributed by atoms with van der Waals surface area (Å²) in [5.41, 5.74) is 3.00. The van der Waals surface area contributed by atoms with Crippen LogP contribution in [0.1, 0.15) is 24.8 Å². The first-order valence-corrected chi connectivity index (χ1v) is 9.81. The molecule has 0 bridgehead atoms. The summed E-state index contributed by atoms with van der Waals surface area (Å²) in [6.45, 7) is 5.20. The molecular weight excluding hydrogens is 413 g/mol. The number of para-hydroxylation sites is 2. The van der Waals surface area contributed by atoms with E-state index in [0.717, 1.165) is 49.7 Å². The molecule has 0 aromatic heterocycles. The molecule has 9 heteroatoms. The van der Waals surface area contributed by atoms with Crippen molar-refractivity contribution in [1.29, 1.82) is 0 Å². The first-order valence-electron chi connectivity index (χ1n) is 9.81. The Balaban J connectivity index is 0.000000423. The summed E-state index contributed by atoms with van der Waals surface area (Å²) >= 11 is 0. The van der Waals surface area contributed by atoms with Crippen molar-refractivity contribution in [3.63, 3.8) is 0 Å². The zero-order valence-electron chi connectivity index (χ0n) is 17.1. The summed E-state index contributed by atoms with van der Waals surface area (Å²) in [6, 6.07) is 18.0.